The largest absolute Gasteiger partial charge is 0.338 e. The summed E-state index contributed by atoms with van der Waals surface area (Å²) >= 11 is 0. The van der Waals surface area contributed by atoms with Gasteiger partial charge in [0.25, 0.3) is 0 Å². The van der Waals surface area contributed by atoms with Gasteiger partial charge in [0, 0.05) is 25.6 Å². The van der Waals surface area contributed by atoms with E-state index in [0.29, 0.717) is 18.9 Å². The molecule has 3 rings (SSSR count). The third-order valence-corrected chi connectivity index (χ3v) is 4.91. The summed E-state index contributed by atoms with van der Waals surface area (Å²) in [5.74, 6) is 0.0336. The second-order valence-corrected chi connectivity index (χ2v) is 6.52. The first kappa shape index (κ1) is 15.5. The molecule has 0 radical (unpaired) electrons. The van der Waals surface area contributed by atoms with Crippen molar-refractivity contribution in [3.63, 3.8) is 0 Å². The first-order valence-corrected chi connectivity index (χ1v) is 8.48. The fourth-order valence-electron chi connectivity index (χ4n) is 3.66. The van der Waals surface area contributed by atoms with Crippen LogP contribution in [0.1, 0.15) is 37.7 Å². The minimum atomic E-state index is -0.222. The molecule has 0 aliphatic carbocycles. The van der Waals surface area contributed by atoms with Gasteiger partial charge < -0.3 is 9.80 Å². The molecule has 22 heavy (non-hydrogen) atoms. The summed E-state index contributed by atoms with van der Waals surface area (Å²) in [4.78, 5) is 17.1. The molecule has 1 aromatic carbocycles. The molecule has 0 spiro atoms. The summed E-state index contributed by atoms with van der Waals surface area (Å²) in [6.07, 6.45) is 6.09. The Labute approximate surface area is 132 Å². The molecule has 1 aromatic rings. The number of hydrogen-bond donors (Lipinski definition) is 0. The molecule has 0 saturated carbocycles. The van der Waals surface area contributed by atoms with Gasteiger partial charge in [0.2, 0.25) is 5.91 Å². The van der Waals surface area contributed by atoms with Gasteiger partial charge in [0.05, 0.1) is 0 Å². The van der Waals surface area contributed by atoms with Gasteiger partial charge in [-0.3, -0.25) is 4.79 Å². The van der Waals surface area contributed by atoms with Crippen LogP contribution >= 0.6 is 0 Å². The maximum atomic E-state index is 12.9. The Morgan fingerprint density at radius 2 is 1.82 bits per heavy atom. The number of amides is 1. The molecule has 0 bridgehead atoms. The molecule has 3 nitrogen and oxygen atoms in total. The Balaban J connectivity index is 1.50. The van der Waals surface area contributed by atoms with E-state index in [2.05, 4.69) is 9.80 Å². The molecule has 1 amide bonds. The van der Waals surface area contributed by atoms with E-state index >= 15 is 0 Å². The molecular weight excluding hydrogens is 279 g/mol. The molecule has 2 saturated heterocycles. The van der Waals surface area contributed by atoms with E-state index in [1.165, 1.54) is 38.1 Å². The van der Waals surface area contributed by atoms with Crippen LogP contribution in [0.15, 0.2) is 24.3 Å². The van der Waals surface area contributed by atoms with E-state index < -0.39 is 0 Å². The van der Waals surface area contributed by atoms with E-state index in [1.807, 2.05) is 0 Å². The Hall–Kier alpha value is -1.42. The number of halogens is 1. The number of carbonyl (C=O) groups excluding carboxylic acids is 1. The first-order chi connectivity index (χ1) is 10.7. The zero-order valence-electron chi connectivity index (χ0n) is 13.1. The van der Waals surface area contributed by atoms with Crippen LogP contribution in [0, 0.1) is 5.82 Å². The van der Waals surface area contributed by atoms with Gasteiger partial charge in [-0.2, -0.15) is 0 Å². The summed E-state index contributed by atoms with van der Waals surface area (Å²) < 4.78 is 12.9. The lowest BCUT2D eigenvalue weighted by atomic mass is 10.1. The van der Waals surface area contributed by atoms with Crippen molar-refractivity contribution in [3.8, 4) is 0 Å². The number of hydrogen-bond acceptors (Lipinski definition) is 2. The lowest BCUT2D eigenvalue weighted by molar-refractivity contribution is -0.132. The molecule has 120 valence electrons. The molecule has 2 aliphatic heterocycles. The summed E-state index contributed by atoms with van der Waals surface area (Å²) in [6.45, 7) is 4.32. The predicted molar refractivity (Wildman–Crippen MR) is 85.1 cm³/mol. The van der Waals surface area contributed by atoms with Crippen LogP contribution in [0.2, 0.25) is 0 Å². The van der Waals surface area contributed by atoms with E-state index in [4.69, 9.17) is 0 Å². The van der Waals surface area contributed by atoms with E-state index in [9.17, 15) is 9.18 Å². The van der Waals surface area contributed by atoms with Crippen molar-refractivity contribution in [1.29, 1.82) is 0 Å². The summed E-state index contributed by atoms with van der Waals surface area (Å²) in [7, 11) is 0. The molecule has 0 aromatic heterocycles. The molecule has 1 atom stereocenters. The highest BCUT2D eigenvalue weighted by Gasteiger charge is 2.30. The van der Waals surface area contributed by atoms with Crippen molar-refractivity contribution in [2.45, 2.75) is 44.6 Å². The number of aryl methyl sites for hydroxylation is 1. The first-order valence-electron chi connectivity index (χ1n) is 8.48. The number of rotatable bonds is 5. The predicted octanol–water partition coefficient (Wildman–Crippen LogP) is 2.85. The average Bonchev–Trinajstić information content (AvgIpc) is 3.19. The maximum Gasteiger partial charge on any atom is 0.223 e. The lowest BCUT2D eigenvalue weighted by Gasteiger charge is -2.28. The van der Waals surface area contributed by atoms with Crippen molar-refractivity contribution in [3.05, 3.63) is 35.6 Å². The molecule has 2 aliphatic rings. The molecular formula is C18H25FN2O. The lowest BCUT2D eigenvalue weighted by Crippen LogP contribution is -2.42. The summed E-state index contributed by atoms with van der Waals surface area (Å²) in [5.41, 5.74) is 1.03. The monoisotopic (exact) mass is 304 g/mol. The van der Waals surface area contributed by atoms with Gasteiger partial charge in [0.1, 0.15) is 5.82 Å². The minimum Gasteiger partial charge on any atom is -0.338 e. The Morgan fingerprint density at radius 3 is 2.55 bits per heavy atom. The number of likely N-dealkylation sites (tertiary alicyclic amines) is 2. The van der Waals surface area contributed by atoms with Crippen LogP contribution in [-0.2, 0) is 11.2 Å². The van der Waals surface area contributed by atoms with Gasteiger partial charge in [-0.25, -0.2) is 4.39 Å². The van der Waals surface area contributed by atoms with Crippen LogP contribution in [0.3, 0.4) is 0 Å². The van der Waals surface area contributed by atoms with Crippen LogP contribution in [-0.4, -0.2) is 47.9 Å². The summed E-state index contributed by atoms with van der Waals surface area (Å²) in [6, 6.07) is 6.87. The molecule has 4 heteroatoms. The zero-order chi connectivity index (χ0) is 15.4. The van der Waals surface area contributed by atoms with Gasteiger partial charge >= 0.3 is 0 Å². The highest BCUT2D eigenvalue weighted by molar-refractivity contribution is 5.77. The highest BCUT2D eigenvalue weighted by atomic mass is 19.1. The molecule has 0 N–H and O–H groups in total. The van der Waals surface area contributed by atoms with Crippen LogP contribution in [0.25, 0.3) is 0 Å². The second-order valence-electron chi connectivity index (χ2n) is 6.52. The third-order valence-electron chi connectivity index (χ3n) is 4.91. The molecule has 0 unspecified atom stereocenters. The van der Waals surface area contributed by atoms with Crippen LogP contribution < -0.4 is 0 Å². The number of carbonyl (C=O) groups is 1. The highest BCUT2D eigenvalue weighted by Crippen LogP contribution is 2.21. The standard InChI is InChI=1S/C18H25FN2O/c19-16-8-5-15(6-9-16)7-10-18(22)21-13-3-4-17(21)14-20-11-1-2-12-20/h5-6,8-9,17H,1-4,7,10-14H2/t17-/m0/s1. The van der Waals surface area contributed by atoms with Crippen molar-refractivity contribution >= 4 is 5.91 Å². The fraction of sp³-hybridized carbons (Fsp3) is 0.611. The van der Waals surface area contributed by atoms with Crippen LogP contribution in [0.4, 0.5) is 4.39 Å². The normalized spacial score (nSPS) is 22.4. The molecule has 2 fully saturated rings. The van der Waals surface area contributed by atoms with Gasteiger partial charge in [-0.15, -0.1) is 0 Å². The van der Waals surface area contributed by atoms with E-state index in [0.717, 1.165) is 31.5 Å². The van der Waals surface area contributed by atoms with Gasteiger partial charge in [-0.1, -0.05) is 12.1 Å². The zero-order valence-corrected chi connectivity index (χ0v) is 13.1. The Bertz CT molecular complexity index is 496. The second kappa shape index (κ2) is 7.23. The van der Waals surface area contributed by atoms with E-state index in [1.54, 1.807) is 12.1 Å². The number of benzene rings is 1. The molecule has 2 heterocycles. The smallest absolute Gasteiger partial charge is 0.223 e. The maximum absolute atomic E-state index is 12.9. The van der Waals surface area contributed by atoms with Gasteiger partial charge in [0.15, 0.2) is 0 Å². The third kappa shape index (κ3) is 3.86. The Morgan fingerprint density at radius 1 is 1.09 bits per heavy atom. The minimum absolute atomic E-state index is 0.222. The SMILES string of the molecule is O=C(CCc1ccc(F)cc1)N1CCC[C@H]1CN1CCCC1. The van der Waals surface area contributed by atoms with E-state index in [-0.39, 0.29) is 11.7 Å². The average molecular weight is 304 g/mol. The fourth-order valence-corrected chi connectivity index (χ4v) is 3.66. The summed E-state index contributed by atoms with van der Waals surface area (Å²) in [5, 5.41) is 0. The van der Waals surface area contributed by atoms with Crippen molar-refractivity contribution in [1.82, 2.24) is 9.80 Å². The Kier molecular flexibility index (Phi) is 5.08. The van der Waals surface area contributed by atoms with Crippen LogP contribution in [0.5, 0.6) is 0 Å². The number of nitrogens with zero attached hydrogens (tertiary/aromatic N) is 2. The van der Waals surface area contributed by atoms with Crippen molar-refractivity contribution < 1.29 is 9.18 Å². The quantitative estimate of drug-likeness (QED) is 0.835. The topological polar surface area (TPSA) is 23.6 Å². The van der Waals surface area contributed by atoms with Crippen molar-refractivity contribution in [2.75, 3.05) is 26.2 Å². The van der Waals surface area contributed by atoms with Crippen molar-refractivity contribution in [2.24, 2.45) is 0 Å². The van der Waals surface area contributed by atoms with Gasteiger partial charge in [-0.05, 0) is 62.9 Å².